The van der Waals surface area contributed by atoms with Gasteiger partial charge in [-0.1, -0.05) is 22.0 Å². The normalized spacial score (nSPS) is 12.2. The molecule has 0 spiro atoms. The Labute approximate surface area is 121 Å². The maximum Gasteiger partial charge on any atom is 0.222 e. The summed E-state index contributed by atoms with van der Waals surface area (Å²) in [7, 11) is 0. The number of anilines is 1. The Morgan fingerprint density at radius 3 is 2.63 bits per heavy atom. The number of aryl methyl sites for hydroxylation is 1. The van der Waals surface area contributed by atoms with Gasteiger partial charge in [0.25, 0.3) is 0 Å². The SMILES string of the molecule is Cc1ccc(Br)cc1-c1cnc(NCC(C)N)nc1. The zero-order valence-corrected chi connectivity index (χ0v) is 12.6. The molecule has 3 N–H and O–H groups in total. The molecule has 0 fully saturated rings. The second-order valence-corrected chi connectivity index (χ2v) is 5.53. The molecule has 2 rings (SSSR count). The number of benzene rings is 1. The van der Waals surface area contributed by atoms with Crippen LogP contribution in [-0.4, -0.2) is 22.6 Å². The minimum Gasteiger partial charge on any atom is -0.353 e. The van der Waals surface area contributed by atoms with Crippen LogP contribution in [0.4, 0.5) is 5.95 Å². The lowest BCUT2D eigenvalue weighted by molar-refractivity contribution is 0.773. The number of nitrogens with one attached hydrogen (secondary N) is 1. The van der Waals surface area contributed by atoms with E-state index in [9.17, 15) is 0 Å². The molecule has 0 amide bonds. The van der Waals surface area contributed by atoms with E-state index in [2.05, 4.69) is 50.3 Å². The molecule has 0 saturated heterocycles. The number of halogens is 1. The average Bonchev–Trinajstić information content (AvgIpc) is 2.40. The summed E-state index contributed by atoms with van der Waals surface area (Å²) in [6.07, 6.45) is 3.65. The fraction of sp³-hybridized carbons (Fsp3) is 0.286. The van der Waals surface area contributed by atoms with Gasteiger partial charge in [0.05, 0.1) is 0 Å². The number of hydrogen-bond donors (Lipinski definition) is 2. The highest BCUT2D eigenvalue weighted by Crippen LogP contribution is 2.25. The quantitative estimate of drug-likeness (QED) is 0.909. The number of nitrogens with two attached hydrogens (primary N) is 1. The number of nitrogens with zero attached hydrogens (tertiary/aromatic N) is 2. The molecular weight excluding hydrogens is 304 g/mol. The average molecular weight is 321 g/mol. The summed E-state index contributed by atoms with van der Waals surface area (Å²) in [5.74, 6) is 0.605. The zero-order valence-electron chi connectivity index (χ0n) is 11.0. The van der Waals surface area contributed by atoms with Crippen molar-refractivity contribution in [2.75, 3.05) is 11.9 Å². The van der Waals surface area contributed by atoms with Crippen molar-refractivity contribution >= 4 is 21.9 Å². The van der Waals surface area contributed by atoms with Crippen molar-refractivity contribution in [3.8, 4) is 11.1 Å². The van der Waals surface area contributed by atoms with E-state index in [-0.39, 0.29) is 6.04 Å². The van der Waals surface area contributed by atoms with Crippen LogP contribution in [0.5, 0.6) is 0 Å². The fourth-order valence-electron chi connectivity index (χ4n) is 1.72. The topological polar surface area (TPSA) is 63.8 Å². The Kier molecular flexibility index (Phi) is 4.50. The van der Waals surface area contributed by atoms with Crippen molar-refractivity contribution in [1.29, 1.82) is 0 Å². The standard InChI is InChI=1S/C14H17BrN4/c1-9-3-4-12(15)5-13(9)11-7-18-14(19-8-11)17-6-10(2)16/h3-5,7-8,10H,6,16H2,1-2H3,(H,17,18,19). The van der Waals surface area contributed by atoms with Gasteiger partial charge in [0.2, 0.25) is 5.95 Å². The molecule has 5 heteroatoms. The summed E-state index contributed by atoms with van der Waals surface area (Å²) in [5, 5.41) is 3.09. The Bertz CT molecular complexity index is 552. The van der Waals surface area contributed by atoms with Crippen LogP contribution in [0.25, 0.3) is 11.1 Å². The van der Waals surface area contributed by atoms with E-state index in [0.717, 1.165) is 15.6 Å². The molecule has 0 aliphatic heterocycles. The first kappa shape index (κ1) is 14.0. The Hall–Kier alpha value is -1.46. The Morgan fingerprint density at radius 1 is 1.32 bits per heavy atom. The second kappa shape index (κ2) is 6.12. The van der Waals surface area contributed by atoms with Gasteiger partial charge in [-0.3, -0.25) is 0 Å². The number of rotatable bonds is 4. The van der Waals surface area contributed by atoms with E-state index < -0.39 is 0 Å². The van der Waals surface area contributed by atoms with Crippen LogP contribution in [0.2, 0.25) is 0 Å². The molecule has 19 heavy (non-hydrogen) atoms. The molecule has 100 valence electrons. The van der Waals surface area contributed by atoms with Gasteiger partial charge in [-0.25, -0.2) is 9.97 Å². The van der Waals surface area contributed by atoms with Gasteiger partial charge in [-0.05, 0) is 37.1 Å². The van der Waals surface area contributed by atoms with Crippen molar-refractivity contribution < 1.29 is 0 Å². The maximum absolute atomic E-state index is 5.67. The molecule has 0 saturated carbocycles. The van der Waals surface area contributed by atoms with Crippen molar-refractivity contribution in [3.05, 3.63) is 40.6 Å². The molecule has 2 aromatic rings. The highest BCUT2D eigenvalue weighted by molar-refractivity contribution is 9.10. The summed E-state index contributed by atoms with van der Waals surface area (Å²) in [5.41, 5.74) is 9.01. The van der Waals surface area contributed by atoms with Gasteiger partial charge in [-0.15, -0.1) is 0 Å². The van der Waals surface area contributed by atoms with Crippen molar-refractivity contribution in [2.24, 2.45) is 5.73 Å². The van der Waals surface area contributed by atoms with Crippen LogP contribution >= 0.6 is 15.9 Å². The van der Waals surface area contributed by atoms with E-state index in [1.54, 1.807) is 0 Å². The molecule has 0 radical (unpaired) electrons. The van der Waals surface area contributed by atoms with Crippen LogP contribution < -0.4 is 11.1 Å². The highest BCUT2D eigenvalue weighted by atomic mass is 79.9. The van der Waals surface area contributed by atoms with Crippen LogP contribution in [0.1, 0.15) is 12.5 Å². The van der Waals surface area contributed by atoms with Gasteiger partial charge in [-0.2, -0.15) is 0 Å². The maximum atomic E-state index is 5.67. The van der Waals surface area contributed by atoms with Crippen LogP contribution in [0.15, 0.2) is 35.1 Å². The molecule has 0 bridgehead atoms. The van der Waals surface area contributed by atoms with Crippen molar-refractivity contribution in [2.45, 2.75) is 19.9 Å². The third-order valence-corrected chi connectivity index (χ3v) is 3.24. The Balaban J connectivity index is 2.20. The lowest BCUT2D eigenvalue weighted by Gasteiger charge is -2.09. The largest absolute Gasteiger partial charge is 0.353 e. The molecule has 4 nitrogen and oxygen atoms in total. The predicted molar refractivity (Wildman–Crippen MR) is 82.0 cm³/mol. The van der Waals surface area contributed by atoms with Gasteiger partial charge in [0.15, 0.2) is 0 Å². The first-order valence-corrected chi connectivity index (χ1v) is 6.93. The third-order valence-electron chi connectivity index (χ3n) is 2.74. The lowest BCUT2D eigenvalue weighted by Crippen LogP contribution is -2.25. The van der Waals surface area contributed by atoms with Gasteiger partial charge >= 0.3 is 0 Å². The zero-order chi connectivity index (χ0) is 13.8. The number of hydrogen-bond acceptors (Lipinski definition) is 4. The predicted octanol–water partition coefficient (Wildman–Crippen LogP) is 2.97. The minimum absolute atomic E-state index is 0.0793. The first-order chi connectivity index (χ1) is 9.06. The molecule has 1 unspecified atom stereocenters. The van der Waals surface area contributed by atoms with Crippen LogP contribution in [-0.2, 0) is 0 Å². The van der Waals surface area contributed by atoms with Gasteiger partial charge < -0.3 is 11.1 Å². The van der Waals surface area contributed by atoms with Gasteiger partial charge in [0.1, 0.15) is 0 Å². The van der Waals surface area contributed by atoms with Gasteiger partial charge in [0, 0.05) is 35.0 Å². The third kappa shape index (κ3) is 3.75. The molecule has 1 aromatic carbocycles. The van der Waals surface area contributed by atoms with Crippen molar-refractivity contribution in [1.82, 2.24) is 9.97 Å². The molecule has 0 aliphatic carbocycles. The summed E-state index contributed by atoms with van der Waals surface area (Å²) in [4.78, 5) is 8.61. The number of aromatic nitrogens is 2. The van der Waals surface area contributed by atoms with Crippen LogP contribution in [0.3, 0.4) is 0 Å². The highest BCUT2D eigenvalue weighted by Gasteiger charge is 2.05. The first-order valence-electron chi connectivity index (χ1n) is 6.14. The van der Waals surface area contributed by atoms with E-state index in [4.69, 9.17) is 5.73 Å². The lowest BCUT2D eigenvalue weighted by atomic mass is 10.0. The van der Waals surface area contributed by atoms with E-state index >= 15 is 0 Å². The molecular formula is C14H17BrN4. The second-order valence-electron chi connectivity index (χ2n) is 4.61. The summed E-state index contributed by atoms with van der Waals surface area (Å²) < 4.78 is 1.05. The smallest absolute Gasteiger partial charge is 0.222 e. The van der Waals surface area contributed by atoms with E-state index in [1.807, 2.05) is 25.4 Å². The Morgan fingerprint density at radius 2 is 2.00 bits per heavy atom. The summed E-state index contributed by atoms with van der Waals surface area (Å²) in [6, 6.07) is 6.25. The minimum atomic E-state index is 0.0793. The monoisotopic (exact) mass is 320 g/mol. The molecule has 0 aliphatic rings. The summed E-state index contributed by atoms with van der Waals surface area (Å²) >= 11 is 3.48. The van der Waals surface area contributed by atoms with Crippen molar-refractivity contribution in [3.63, 3.8) is 0 Å². The van der Waals surface area contributed by atoms with E-state index in [0.29, 0.717) is 12.5 Å². The molecule has 1 aromatic heterocycles. The fourth-order valence-corrected chi connectivity index (χ4v) is 2.08. The molecule has 1 atom stereocenters. The van der Waals surface area contributed by atoms with E-state index in [1.165, 1.54) is 5.56 Å². The summed E-state index contributed by atoms with van der Waals surface area (Å²) in [6.45, 7) is 4.67. The molecule has 1 heterocycles. The van der Waals surface area contributed by atoms with Crippen LogP contribution in [0, 0.1) is 6.92 Å².